The number of methoxy groups -OCH3 is 2. The predicted molar refractivity (Wildman–Crippen MR) is 240 cm³/mol. The minimum atomic E-state index is 0.556. The average molecular weight is 797 g/mol. The van der Waals surface area contributed by atoms with Gasteiger partial charge in [0.05, 0.1) is 91.3 Å². The molecule has 4 aromatic rings. The van der Waals surface area contributed by atoms with Gasteiger partial charge in [0, 0.05) is 56.6 Å². The van der Waals surface area contributed by atoms with Crippen LogP contribution in [0.2, 0.25) is 0 Å². The summed E-state index contributed by atoms with van der Waals surface area (Å²) in [6.07, 6.45) is 10.8. The Kier molecular flexibility index (Phi) is 14.7. The molecule has 6 nitrogen and oxygen atoms in total. The van der Waals surface area contributed by atoms with Crippen LogP contribution in [0.4, 0.5) is 22.7 Å². The van der Waals surface area contributed by atoms with E-state index in [0.717, 1.165) is 33.6 Å². The van der Waals surface area contributed by atoms with Gasteiger partial charge in [0.25, 0.3) is 0 Å². The van der Waals surface area contributed by atoms with Crippen molar-refractivity contribution in [2.75, 3.05) is 91.5 Å². The largest absolute Gasteiger partial charge is 0.497 e. The van der Waals surface area contributed by atoms with Crippen LogP contribution in [0.3, 0.4) is 0 Å². The summed E-state index contributed by atoms with van der Waals surface area (Å²) in [4.78, 5) is 10.3. The summed E-state index contributed by atoms with van der Waals surface area (Å²) < 4.78 is 13.4. The fourth-order valence-corrected chi connectivity index (χ4v) is 11.2. The normalized spacial score (nSPS) is 14.7. The third kappa shape index (κ3) is 11.2. The molecule has 0 aromatic heterocycles. The second-order valence-electron chi connectivity index (χ2n) is 17.8. The van der Waals surface area contributed by atoms with Crippen LogP contribution in [-0.2, 0) is 0 Å². The summed E-state index contributed by atoms with van der Waals surface area (Å²) >= 11 is 3.73. The summed E-state index contributed by atoms with van der Waals surface area (Å²) in [7, 11) is 13.2. The molecule has 0 radical (unpaired) electrons. The molecule has 0 unspecified atom stereocenters. The second kappa shape index (κ2) is 19.4. The maximum atomic E-state index is 5.62. The molecule has 0 spiro atoms. The van der Waals surface area contributed by atoms with E-state index in [4.69, 9.17) is 9.47 Å². The van der Waals surface area contributed by atoms with Gasteiger partial charge in [-0.2, -0.15) is 0 Å². The predicted octanol–water partition coefficient (Wildman–Crippen LogP) is 12.2. The highest BCUT2D eigenvalue weighted by atomic mass is 32.2. The Morgan fingerprint density at radius 3 is 1.23 bits per heavy atom. The lowest BCUT2D eigenvalue weighted by Gasteiger charge is -2.37. The van der Waals surface area contributed by atoms with E-state index in [1.165, 1.54) is 120 Å². The summed E-state index contributed by atoms with van der Waals surface area (Å²) in [5, 5.41) is 0. The molecule has 2 atom stereocenters. The number of quaternary nitrogens is 2. The van der Waals surface area contributed by atoms with Crippen molar-refractivity contribution in [1.29, 1.82) is 0 Å². The van der Waals surface area contributed by atoms with E-state index in [0.29, 0.717) is 11.8 Å². The number of anilines is 4. The minimum Gasteiger partial charge on any atom is -0.497 e. The molecule has 302 valence electrons. The van der Waals surface area contributed by atoms with Crippen molar-refractivity contribution in [3.8, 4) is 11.5 Å². The van der Waals surface area contributed by atoms with Crippen LogP contribution in [0.1, 0.15) is 65.2 Å². The van der Waals surface area contributed by atoms with E-state index in [-0.39, 0.29) is 0 Å². The van der Waals surface area contributed by atoms with Gasteiger partial charge in [-0.25, -0.2) is 0 Å². The van der Waals surface area contributed by atoms with E-state index in [2.05, 4.69) is 137 Å². The van der Waals surface area contributed by atoms with Gasteiger partial charge >= 0.3 is 0 Å². The van der Waals surface area contributed by atoms with E-state index in [1.54, 1.807) is 14.2 Å². The van der Waals surface area contributed by atoms with Gasteiger partial charge in [-0.1, -0.05) is 87.3 Å². The molecule has 0 amide bonds. The summed E-state index contributed by atoms with van der Waals surface area (Å²) in [5.74, 6) is 2.96. The molecule has 0 saturated heterocycles. The van der Waals surface area contributed by atoms with Crippen LogP contribution in [0.15, 0.2) is 105 Å². The van der Waals surface area contributed by atoms with E-state index >= 15 is 0 Å². The number of hydrogen-bond acceptors (Lipinski definition) is 6. The molecule has 0 aliphatic carbocycles. The molecular weight excluding hydrogens is 729 g/mol. The van der Waals surface area contributed by atoms with Crippen LogP contribution < -0.4 is 19.3 Å². The lowest BCUT2D eigenvalue weighted by Crippen LogP contribution is -2.45. The monoisotopic (exact) mass is 796 g/mol. The average Bonchev–Trinajstić information content (AvgIpc) is 3.17. The van der Waals surface area contributed by atoms with E-state index < -0.39 is 0 Å². The zero-order valence-corrected chi connectivity index (χ0v) is 37.2. The number of hydrogen-bond donors (Lipinski definition) is 0. The van der Waals surface area contributed by atoms with Gasteiger partial charge in [0.15, 0.2) is 0 Å². The number of para-hydroxylation sites is 2. The van der Waals surface area contributed by atoms with E-state index in [9.17, 15) is 0 Å². The van der Waals surface area contributed by atoms with Crippen LogP contribution in [-0.4, -0.2) is 90.6 Å². The Hall–Kier alpha value is -3.30. The molecule has 6 rings (SSSR count). The Balaban J connectivity index is 0.860. The molecule has 8 heteroatoms. The van der Waals surface area contributed by atoms with Gasteiger partial charge < -0.3 is 28.2 Å². The highest BCUT2D eigenvalue weighted by Gasteiger charge is 2.29. The Labute approximate surface area is 347 Å². The molecule has 2 aliphatic rings. The van der Waals surface area contributed by atoms with Crippen molar-refractivity contribution in [1.82, 2.24) is 0 Å². The van der Waals surface area contributed by atoms with Crippen molar-refractivity contribution >= 4 is 46.3 Å². The standard InChI is InChI=1S/C48H68N4O2S2/c1-37(33-49-41-21-15-17-23-45(41)55-47-27-25-39(53-7)31-43(47)49)35-51(3,4)29-19-13-11-9-10-12-14-20-30-52(5,6)36-38(2)34-50-42-22-16-18-24-46(42)56-48-28-26-40(54-8)32-44(48)50/h15-18,21-28,31-32,37-38H,9-14,19-20,29-30,33-36H2,1-8H3/q+2/t37-,38-/m1/s1. The molecule has 2 aliphatic heterocycles. The molecular formula is C48H68N4O2S2+2. The maximum Gasteiger partial charge on any atom is 0.121 e. The number of nitrogens with zero attached hydrogens (tertiary/aromatic N) is 4. The molecule has 4 aromatic carbocycles. The minimum absolute atomic E-state index is 0.556. The zero-order chi connectivity index (χ0) is 39.7. The number of unbranched alkanes of at least 4 members (excludes halogenated alkanes) is 7. The second-order valence-corrected chi connectivity index (χ2v) is 19.9. The first-order valence-electron chi connectivity index (χ1n) is 21.0. The molecule has 2 heterocycles. The summed E-state index contributed by atoms with van der Waals surface area (Å²) in [5.41, 5.74) is 5.17. The van der Waals surface area contributed by atoms with Crippen LogP contribution in [0, 0.1) is 11.8 Å². The first-order valence-corrected chi connectivity index (χ1v) is 22.7. The van der Waals surface area contributed by atoms with Crippen LogP contribution in [0.25, 0.3) is 0 Å². The van der Waals surface area contributed by atoms with Crippen LogP contribution >= 0.6 is 23.5 Å². The summed E-state index contributed by atoms with van der Waals surface area (Å²) in [6.45, 7) is 11.7. The van der Waals surface area contributed by atoms with Gasteiger partial charge in [-0.05, 0) is 74.2 Å². The molecule has 56 heavy (non-hydrogen) atoms. The quantitative estimate of drug-likeness (QED) is 0.0615. The van der Waals surface area contributed by atoms with Crippen molar-refractivity contribution in [2.45, 2.75) is 84.8 Å². The fraction of sp³-hybridized carbons (Fsp3) is 0.500. The maximum absolute atomic E-state index is 5.62. The first-order chi connectivity index (χ1) is 26.9. The van der Waals surface area contributed by atoms with Crippen molar-refractivity contribution < 1.29 is 18.4 Å². The van der Waals surface area contributed by atoms with E-state index in [1.807, 2.05) is 23.5 Å². The first kappa shape index (κ1) is 42.3. The van der Waals surface area contributed by atoms with Gasteiger partial charge in [0.1, 0.15) is 11.5 Å². The molecule has 0 saturated carbocycles. The molecule has 0 fully saturated rings. The Bertz CT molecular complexity index is 1740. The van der Waals surface area contributed by atoms with Crippen molar-refractivity contribution in [3.63, 3.8) is 0 Å². The number of ether oxygens (including phenoxy) is 2. The zero-order valence-electron chi connectivity index (χ0n) is 35.6. The van der Waals surface area contributed by atoms with Crippen LogP contribution in [0.5, 0.6) is 11.5 Å². The summed E-state index contributed by atoms with van der Waals surface area (Å²) in [6, 6.07) is 30.7. The highest BCUT2D eigenvalue weighted by molar-refractivity contribution is 8.00. The topological polar surface area (TPSA) is 24.9 Å². The SMILES string of the molecule is COc1ccc2c(c1)N(C[C@@H](C)C[N+](C)(C)CCCCCCCCCC[N+](C)(C)C[C@H](C)CN1c3ccccc3Sc3ccc(OC)cc31)c1ccccc1S2. The lowest BCUT2D eigenvalue weighted by molar-refractivity contribution is -0.893. The molecule has 0 bridgehead atoms. The smallest absolute Gasteiger partial charge is 0.121 e. The Morgan fingerprint density at radius 2 is 0.839 bits per heavy atom. The van der Waals surface area contributed by atoms with Gasteiger partial charge in [0.2, 0.25) is 0 Å². The molecule has 0 N–H and O–H groups in total. The van der Waals surface area contributed by atoms with Crippen molar-refractivity contribution in [3.05, 3.63) is 84.9 Å². The van der Waals surface area contributed by atoms with Gasteiger partial charge in [-0.15, -0.1) is 0 Å². The highest BCUT2D eigenvalue weighted by Crippen LogP contribution is 2.50. The number of fused-ring (bicyclic) bond motifs is 4. The van der Waals surface area contributed by atoms with Crippen molar-refractivity contribution in [2.24, 2.45) is 11.8 Å². The Morgan fingerprint density at radius 1 is 0.482 bits per heavy atom. The number of benzene rings is 4. The third-order valence-corrected chi connectivity index (χ3v) is 13.8. The van der Waals surface area contributed by atoms with Gasteiger partial charge in [-0.3, -0.25) is 0 Å². The fourth-order valence-electron chi connectivity index (χ4n) is 9.01. The third-order valence-electron chi connectivity index (χ3n) is 11.5. The lowest BCUT2D eigenvalue weighted by atomic mass is 10.1. The number of rotatable bonds is 21.